The van der Waals surface area contributed by atoms with Gasteiger partial charge in [-0.1, -0.05) is 11.6 Å². The Morgan fingerprint density at radius 1 is 1.21 bits per heavy atom. The largest absolute Gasteiger partial charge is 0.573 e. The number of nitrogens with one attached hydrogen (secondary N) is 1. The van der Waals surface area contributed by atoms with E-state index < -0.39 is 35.8 Å². The number of carbonyl (C=O) groups excluding carboxylic acids is 2. The predicted octanol–water partition coefficient (Wildman–Crippen LogP) is 2.25. The van der Waals surface area contributed by atoms with Crippen molar-refractivity contribution < 1.29 is 32.6 Å². The van der Waals surface area contributed by atoms with Crippen molar-refractivity contribution in [1.29, 1.82) is 0 Å². The fraction of sp³-hybridized carbons (Fsp3) is 0.375. The van der Waals surface area contributed by atoms with Gasteiger partial charge in [0, 0.05) is 17.6 Å². The first-order chi connectivity index (χ1) is 11.2. The quantitative estimate of drug-likeness (QED) is 0.851. The van der Waals surface area contributed by atoms with Gasteiger partial charge in [0.05, 0.1) is 5.92 Å². The molecule has 2 rings (SSSR count). The van der Waals surface area contributed by atoms with E-state index in [1.165, 1.54) is 12.1 Å². The average molecular weight is 342 g/mol. The van der Waals surface area contributed by atoms with Crippen molar-refractivity contribution in [3.8, 4) is 5.75 Å². The van der Waals surface area contributed by atoms with Crippen LogP contribution < -0.4 is 15.2 Å². The first kappa shape index (κ1) is 17.8. The average Bonchev–Trinajstić information content (AvgIpc) is 2.47. The molecular weight excluding hydrogens is 327 g/mol. The molecule has 0 bridgehead atoms. The van der Waals surface area contributed by atoms with Crippen LogP contribution in [0.2, 0.25) is 0 Å². The zero-order chi connectivity index (χ0) is 17.9. The molecule has 0 radical (unpaired) electrons. The number of rotatable bonds is 4. The Kier molecular flexibility index (Phi) is 5.16. The molecule has 2 atom stereocenters. The molecule has 0 fully saturated rings. The first-order valence-corrected chi connectivity index (χ1v) is 7.19. The molecule has 1 aliphatic rings. The summed E-state index contributed by atoms with van der Waals surface area (Å²) in [6, 6.07) is 4.62. The molecule has 0 heterocycles. The van der Waals surface area contributed by atoms with Crippen LogP contribution in [0.1, 0.15) is 19.8 Å². The lowest BCUT2D eigenvalue weighted by Gasteiger charge is -2.30. The Morgan fingerprint density at radius 2 is 1.83 bits per heavy atom. The van der Waals surface area contributed by atoms with Crippen LogP contribution in [0.4, 0.5) is 18.9 Å². The minimum absolute atomic E-state index is 0.213. The number of amides is 1. The minimum atomic E-state index is -4.79. The van der Waals surface area contributed by atoms with Gasteiger partial charge in [-0.15, -0.1) is 13.2 Å². The monoisotopic (exact) mass is 342 g/mol. The van der Waals surface area contributed by atoms with E-state index in [1.807, 2.05) is 0 Å². The van der Waals surface area contributed by atoms with Gasteiger partial charge in [-0.2, -0.15) is 0 Å². The van der Waals surface area contributed by atoms with E-state index in [0.717, 1.165) is 17.7 Å². The summed E-state index contributed by atoms with van der Waals surface area (Å²) in [5.74, 6) is -3.94. The summed E-state index contributed by atoms with van der Waals surface area (Å²) in [7, 11) is 0. The number of aliphatic carboxylic acids is 1. The molecule has 1 N–H and O–H groups in total. The van der Waals surface area contributed by atoms with Crippen molar-refractivity contribution in [2.75, 3.05) is 5.32 Å². The number of carboxylic acid groups (broad SMARTS) is 1. The number of benzene rings is 1. The predicted molar refractivity (Wildman–Crippen MR) is 76.7 cm³/mol. The van der Waals surface area contributed by atoms with Crippen LogP contribution in [0.25, 0.3) is 0 Å². The van der Waals surface area contributed by atoms with Crippen LogP contribution >= 0.6 is 0 Å². The number of hydrogen-bond donors (Lipinski definition) is 1. The van der Waals surface area contributed by atoms with E-state index in [4.69, 9.17) is 0 Å². The fourth-order valence-electron chi connectivity index (χ4n) is 2.58. The molecule has 8 heteroatoms. The maximum Gasteiger partial charge on any atom is 0.573 e. The molecule has 1 aliphatic carbocycles. The van der Waals surface area contributed by atoms with E-state index in [0.29, 0.717) is 6.42 Å². The highest BCUT2D eigenvalue weighted by Crippen LogP contribution is 2.31. The molecule has 0 saturated carbocycles. The second-order valence-electron chi connectivity index (χ2n) is 5.58. The number of halogens is 3. The summed E-state index contributed by atoms with van der Waals surface area (Å²) in [4.78, 5) is 23.5. The summed E-state index contributed by atoms with van der Waals surface area (Å²) in [5.41, 5.74) is 1.15. The van der Waals surface area contributed by atoms with Gasteiger partial charge < -0.3 is 20.0 Å². The molecule has 1 amide bonds. The van der Waals surface area contributed by atoms with Crippen molar-refractivity contribution in [2.45, 2.75) is 26.1 Å². The lowest BCUT2D eigenvalue weighted by Crippen LogP contribution is -2.42. The molecular formula is C16H15F3NO4-. The number of ether oxygens (including phenoxy) is 1. The smallest absolute Gasteiger partial charge is 0.550 e. The highest BCUT2D eigenvalue weighted by atomic mass is 19.4. The number of alkyl halides is 3. The third-order valence-corrected chi connectivity index (χ3v) is 3.74. The molecule has 5 nitrogen and oxygen atoms in total. The topological polar surface area (TPSA) is 78.5 Å². The second kappa shape index (κ2) is 6.94. The van der Waals surface area contributed by atoms with Gasteiger partial charge in [-0.05, 0) is 44.0 Å². The zero-order valence-corrected chi connectivity index (χ0v) is 12.7. The summed E-state index contributed by atoms with van der Waals surface area (Å²) >= 11 is 0. The molecule has 2 unspecified atom stereocenters. The number of hydrogen-bond acceptors (Lipinski definition) is 4. The Morgan fingerprint density at radius 3 is 2.38 bits per heavy atom. The third kappa shape index (κ3) is 4.74. The molecule has 1 aromatic carbocycles. The minimum Gasteiger partial charge on any atom is -0.550 e. The lowest BCUT2D eigenvalue weighted by atomic mass is 9.79. The highest BCUT2D eigenvalue weighted by molar-refractivity contribution is 5.95. The summed E-state index contributed by atoms with van der Waals surface area (Å²) in [6.45, 7) is 1.80. The van der Waals surface area contributed by atoms with Crippen LogP contribution in [0.5, 0.6) is 5.75 Å². The van der Waals surface area contributed by atoms with E-state index in [-0.39, 0.29) is 12.1 Å². The Balaban J connectivity index is 2.05. The van der Waals surface area contributed by atoms with Gasteiger partial charge in [-0.3, -0.25) is 4.79 Å². The van der Waals surface area contributed by atoms with Crippen LogP contribution in [-0.4, -0.2) is 18.2 Å². The standard InChI is InChI=1S/C16H16F3NO4/c1-9-2-7-12(15(22)23)13(8-9)14(21)20-10-3-5-11(6-4-10)24-16(17,18)19/h2-6,12-13H,7-8H2,1H3,(H,20,21)(H,22,23)/p-1. The van der Waals surface area contributed by atoms with Crippen molar-refractivity contribution in [3.63, 3.8) is 0 Å². The number of carboxylic acids is 1. The van der Waals surface area contributed by atoms with Crippen molar-refractivity contribution in [3.05, 3.63) is 35.9 Å². The molecule has 0 saturated heterocycles. The maximum atomic E-state index is 12.3. The number of anilines is 1. The normalized spacial score (nSPS) is 20.9. The van der Waals surface area contributed by atoms with Crippen molar-refractivity contribution in [1.82, 2.24) is 0 Å². The van der Waals surface area contributed by atoms with Gasteiger partial charge in [0.1, 0.15) is 5.75 Å². The fourth-order valence-corrected chi connectivity index (χ4v) is 2.58. The SMILES string of the molecule is CC1=CCC(C(=O)[O-])C(C(=O)Nc2ccc(OC(F)(F)F)cc2)C1. The summed E-state index contributed by atoms with van der Waals surface area (Å²) < 4.78 is 40.0. The lowest BCUT2D eigenvalue weighted by molar-refractivity contribution is -0.313. The molecule has 130 valence electrons. The maximum absolute atomic E-state index is 12.3. The Bertz CT molecular complexity index is 652. The van der Waals surface area contributed by atoms with Gasteiger partial charge in [0.15, 0.2) is 0 Å². The highest BCUT2D eigenvalue weighted by Gasteiger charge is 2.32. The molecule has 1 aromatic rings. The van der Waals surface area contributed by atoms with Gasteiger partial charge in [-0.25, -0.2) is 0 Å². The van der Waals surface area contributed by atoms with Crippen LogP contribution in [-0.2, 0) is 9.59 Å². The molecule has 24 heavy (non-hydrogen) atoms. The van der Waals surface area contributed by atoms with E-state index in [1.54, 1.807) is 13.0 Å². The first-order valence-electron chi connectivity index (χ1n) is 7.19. The van der Waals surface area contributed by atoms with Gasteiger partial charge >= 0.3 is 6.36 Å². The molecule has 0 spiro atoms. The zero-order valence-electron chi connectivity index (χ0n) is 12.7. The van der Waals surface area contributed by atoms with E-state index >= 15 is 0 Å². The second-order valence-corrected chi connectivity index (χ2v) is 5.58. The van der Waals surface area contributed by atoms with Gasteiger partial charge in [0.2, 0.25) is 5.91 Å². The van der Waals surface area contributed by atoms with Gasteiger partial charge in [0.25, 0.3) is 0 Å². The Hall–Kier alpha value is -2.51. The van der Waals surface area contributed by atoms with Crippen LogP contribution in [0.3, 0.4) is 0 Å². The van der Waals surface area contributed by atoms with E-state index in [2.05, 4.69) is 10.1 Å². The summed E-state index contributed by atoms with van der Waals surface area (Å²) in [5, 5.41) is 13.7. The molecule has 0 aromatic heterocycles. The number of carbonyl (C=O) groups is 2. The van der Waals surface area contributed by atoms with Crippen molar-refractivity contribution in [2.24, 2.45) is 11.8 Å². The van der Waals surface area contributed by atoms with Crippen LogP contribution in [0, 0.1) is 11.8 Å². The Labute approximate surface area is 136 Å². The molecule has 0 aliphatic heterocycles. The third-order valence-electron chi connectivity index (χ3n) is 3.74. The van der Waals surface area contributed by atoms with Crippen LogP contribution in [0.15, 0.2) is 35.9 Å². The number of allylic oxidation sites excluding steroid dienone is 2. The van der Waals surface area contributed by atoms with Crippen molar-refractivity contribution >= 4 is 17.6 Å². The summed E-state index contributed by atoms with van der Waals surface area (Å²) in [6.07, 6.45) is -2.53. The van der Waals surface area contributed by atoms with E-state index in [9.17, 15) is 27.9 Å².